The molecule has 0 aromatic heterocycles. The van der Waals surface area contributed by atoms with Gasteiger partial charge in [-0.3, -0.25) is 0 Å². The molecule has 0 heterocycles. The first-order chi connectivity index (χ1) is 9.78. The molecule has 0 fully saturated rings. The molecule has 0 aliphatic heterocycles. The zero-order valence-electron chi connectivity index (χ0n) is 14.3. The summed E-state index contributed by atoms with van der Waals surface area (Å²) in [4.78, 5) is 0. The van der Waals surface area contributed by atoms with Gasteiger partial charge in [-0.05, 0) is 54.4 Å². The molecule has 1 aromatic rings. The van der Waals surface area contributed by atoms with Gasteiger partial charge in [0.2, 0.25) is 0 Å². The highest BCUT2D eigenvalue weighted by Gasteiger charge is 2.34. The van der Waals surface area contributed by atoms with Gasteiger partial charge in [-0.25, -0.2) is 0 Å². The summed E-state index contributed by atoms with van der Waals surface area (Å²) in [6, 6.07) is 4.56. The standard InChI is InChI=1S/C20H29N/c1-13(2)17-7-9-20(10-8-17,14(3)4)18-11-15(5)19(21)16(6)12-18/h7-9,11-14H,10,21H2,1-6H3. The van der Waals surface area contributed by atoms with Gasteiger partial charge in [-0.2, -0.15) is 0 Å². The molecule has 1 aliphatic carbocycles. The van der Waals surface area contributed by atoms with Crippen molar-refractivity contribution >= 4 is 5.69 Å². The molecule has 1 heteroatoms. The van der Waals surface area contributed by atoms with E-state index < -0.39 is 0 Å². The molecule has 1 aromatic carbocycles. The van der Waals surface area contributed by atoms with Crippen LogP contribution in [0.4, 0.5) is 5.69 Å². The number of rotatable bonds is 3. The van der Waals surface area contributed by atoms with Crippen molar-refractivity contribution < 1.29 is 0 Å². The number of benzene rings is 1. The third-order valence-corrected chi connectivity index (χ3v) is 5.08. The van der Waals surface area contributed by atoms with E-state index in [9.17, 15) is 0 Å². The maximum atomic E-state index is 6.13. The van der Waals surface area contributed by atoms with Gasteiger partial charge in [0, 0.05) is 11.1 Å². The Morgan fingerprint density at radius 3 is 2.00 bits per heavy atom. The predicted octanol–water partition coefficient (Wildman–Crippen LogP) is 5.32. The van der Waals surface area contributed by atoms with Gasteiger partial charge in [0.1, 0.15) is 0 Å². The number of hydrogen-bond acceptors (Lipinski definition) is 1. The smallest absolute Gasteiger partial charge is 0.0373 e. The minimum absolute atomic E-state index is 0.0988. The zero-order valence-corrected chi connectivity index (χ0v) is 14.3. The largest absolute Gasteiger partial charge is 0.398 e. The lowest BCUT2D eigenvalue weighted by atomic mass is 9.66. The molecule has 0 saturated carbocycles. The summed E-state index contributed by atoms with van der Waals surface area (Å²) in [7, 11) is 0. The maximum absolute atomic E-state index is 6.13. The number of nitrogens with two attached hydrogens (primary N) is 1. The summed E-state index contributed by atoms with van der Waals surface area (Å²) in [5.74, 6) is 1.16. The second-order valence-electron chi connectivity index (χ2n) is 7.12. The number of hydrogen-bond donors (Lipinski definition) is 1. The van der Waals surface area contributed by atoms with Gasteiger partial charge >= 0.3 is 0 Å². The molecule has 1 nitrogen and oxygen atoms in total. The number of allylic oxidation sites excluding steroid dienone is 4. The zero-order chi connectivity index (χ0) is 15.8. The van der Waals surface area contributed by atoms with Crippen LogP contribution in [-0.4, -0.2) is 0 Å². The van der Waals surface area contributed by atoms with E-state index in [-0.39, 0.29) is 5.41 Å². The predicted molar refractivity (Wildman–Crippen MR) is 93.5 cm³/mol. The van der Waals surface area contributed by atoms with Crippen LogP contribution in [0.2, 0.25) is 0 Å². The molecule has 21 heavy (non-hydrogen) atoms. The van der Waals surface area contributed by atoms with Crippen molar-refractivity contribution in [1.82, 2.24) is 0 Å². The van der Waals surface area contributed by atoms with Crippen molar-refractivity contribution in [2.75, 3.05) is 5.73 Å². The molecule has 0 saturated heterocycles. The minimum atomic E-state index is 0.0988. The van der Waals surface area contributed by atoms with Crippen molar-refractivity contribution in [3.63, 3.8) is 0 Å². The Morgan fingerprint density at radius 2 is 1.62 bits per heavy atom. The normalized spacial score (nSPS) is 22.0. The lowest BCUT2D eigenvalue weighted by Gasteiger charge is -2.38. The van der Waals surface area contributed by atoms with E-state index in [1.165, 1.54) is 22.3 Å². The van der Waals surface area contributed by atoms with E-state index in [1.807, 2.05) is 0 Å². The molecule has 0 bridgehead atoms. The summed E-state index contributed by atoms with van der Waals surface area (Å²) in [5.41, 5.74) is 12.4. The first kappa shape index (κ1) is 15.9. The summed E-state index contributed by atoms with van der Waals surface area (Å²) < 4.78 is 0. The van der Waals surface area contributed by atoms with Crippen molar-refractivity contribution in [1.29, 1.82) is 0 Å². The fourth-order valence-corrected chi connectivity index (χ4v) is 3.31. The number of nitrogen functional groups attached to an aromatic ring is 1. The Labute approximate surface area is 129 Å². The number of aryl methyl sites for hydroxylation is 2. The van der Waals surface area contributed by atoms with Gasteiger partial charge < -0.3 is 5.73 Å². The van der Waals surface area contributed by atoms with E-state index in [4.69, 9.17) is 5.73 Å². The van der Waals surface area contributed by atoms with Gasteiger partial charge in [0.25, 0.3) is 0 Å². The Kier molecular flexibility index (Phi) is 4.32. The molecule has 2 rings (SSSR count). The Bertz CT molecular complexity index is 567. The molecule has 2 N–H and O–H groups in total. The fraction of sp³-hybridized carbons (Fsp3) is 0.500. The molecule has 1 atom stereocenters. The summed E-state index contributed by atoms with van der Waals surface area (Å²) in [5, 5.41) is 0. The highest BCUT2D eigenvalue weighted by molar-refractivity contribution is 5.57. The molecule has 0 spiro atoms. The number of anilines is 1. The van der Waals surface area contributed by atoms with Crippen LogP contribution in [-0.2, 0) is 5.41 Å². The fourth-order valence-electron chi connectivity index (χ4n) is 3.31. The van der Waals surface area contributed by atoms with Gasteiger partial charge in [-0.15, -0.1) is 0 Å². The Hall–Kier alpha value is -1.50. The van der Waals surface area contributed by atoms with Crippen LogP contribution in [0.1, 0.15) is 50.8 Å². The van der Waals surface area contributed by atoms with Crippen LogP contribution in [0.15, 0.2) is 35.9 Å². The third-order valence-electron chi connectivity index (χ3n) is 5.08. The van der Waals surface area contributed by atoms with E-state index in [1.54, 1.807) is 0 Å². The first-order valence-electron chi connectivity index (χ1n) is 8.04. The molecular weight excluding hydrogens is 254 g/mol. The first-order valence-corrected chi connectivity index (χ1v) is 8.04. The average Bonchev–Trinajstić information content (AvgIpc) is 2.43. The second-order valence-corrected chi connectivity index (χ2v) is 7.12. The highest BCUT2D eigenvalue weighted by Crippen LogP contribution is 2.42. The summed E-state index contributed by atoms with van der Waals surface area (Å²) >= 11 is 0. The molecule has 0 amide bonds. The molecule has 114 valence electrons. The van der Waals surface area contributed by atoms with Gasteiger partial charge in [0.05, 0.1) is 0 Å². The van der Waals surface area contributed by atoms with Crippen LogP contribution in [0, 0.1) is 25.7 Å². The lowest BCUT2D eigenvalue weighted by Crippen LogP contribution is -2.31. The highest BCUT2D eigenvalue weighted by atomic mass is 14.6. The quantitative estimate of drug-likeness (QED) is 0.746. The van der Waals surface area contributed by atoms with Gasteiger partial charge in [0.15, 0.2) is 0 Å². The molecule has 1 aliphatic rings. The summed E-state index contributed by atoms with van der Waals surface area (Å²) in [6.45, 7) is 13.4. The van der Waals surface area contributed by atoms with Crippen molar-refractivity contribution in [2.45, 2.75) is 53.4 Å². The SMILES string of the molecule is Cc1cc(C2(C(C)C)C=CC(C(C)C)=CC2)cc(C)c1N. The van der Waals surface area contributed by atoms with E-state index in [0.29, 0.717) is 11.8 Å². The van der Waals surface area contributed by atoms with Gasteiger partial charge in [-0.1, -0.05) is 58.1 Å². The average molecular weight is 283 g/mol. The minimum Gasteiger partial charge on any atom is -0.398 e. The monoisotopic (exact) mass is 283 g/mol. The Balaban J connectivity index is 2.50. The van der Waals surface area contributed by atoms with E-state index >= 15 is 0 Å². The van der Waals surface area contributed by atoms with E-state index in [2.05, 4.69) is 71.9 Å². The second kappa shape index (κ2) is 5.71. The van der Waals surface area contributed by atoms with Crippen LogP contribution >= 0.6 is 0 Å². The maximum Gasteiger partial charge on any atom is 0.0373 e. The topological polar surface area (TPSA) is 26.0 Å². The molecular formula is C20H29N. The van der Waals surface area contributed by atoms with Crippen LogP contribution in [0.5, 0.6) is 0 Å². The summed E-state index contributed by atoms with van der Waals surface area (Å²) in [6.07, 6.45) is 8.26. The van der Waals surface area contributed by atoms with Crippen molar-refractivity contribution in [2.24, 2.45) is 11.8 Å². The third kappa shape index (κ3) is 2.79. The lowest BCUT2D eigenvalue weighted by molar-refractivity contribution is 0.382. The van der Waals surface area contributed by atoms with Crippen LogP contribution in [0.25, 0.3) is 0 Å². The Morgan fingerprint density at radius 1 is 1.05 bits per heavy atom. The van der Waals surface area contributed by atoms with Crippen LogP contribution in [0.3, 0.4) is 0 Å². The molecule has 0 radical (unpaired) electrons. The molecule has 1 unspecified atom stereocenters. The van der Waals surface area contributed by atoms with Crippen molar-refractivity contribution in [3.05, 3.63) is 52.6 Å². The van der Waals surface area contributed by atoms with E-state index in [0.717, 1.165) is 12.1 Å². The van der Waals surface area contributed by atoms with Crippen molar-refractivity contribution in [3.8, 4) is 0 Å². The van der Waals surface area contributed by atoms with Crippen LogP contribution < -0.4 is 5.73 Å².